The molecule has 5 heteroatoms. The summed E-state index contributed by atoms with van der Waals surface area (Å²) in [5, 5.41) is 6.07. The molecule has 2 heterocycles. The number of hydrogen-bond donors (Lipinski definition) is 0. The number of hydrazine groups is 1. The van der Waals surface area contributed by atoms with Crippen LogP contribution in [0.15, 0.2) is 24.3 Å². The Balaban J connectivity index is 1.68. The zero-order valence-corrected chi connectivity index (χ0v) is 13.1. The quantitative estimate of drug-likeness (QED) is 0.863. The molecule has 0 saturated carbocycles. The number of thiazole rings is 1. The molecule has 1 aliphatic rings. The van der Waals surface area contributed by atoms with Gasteiger partial charge in [-0.3, -0.25) is 0 Å². The second-order valence-corrected chi connectivity index (χ2v) is 6.05. The topological polar surface area (TPSA) is 22.6 Å². The fraction of sp³-hybridized carbons (Fsp3) is 0.533. The zero-order chi connectivity index (χ0) is 13.9. The number of aromatic nitrogens is 1. The molecule has 0 N–H and O–H groups in total. The van der Waals surface area contributed by atoms with E-state index in [0.29, 0.717) is 0 Å². The minimum Gasteiger partial charge on any atom is -0.345 e. The third-order valence-electron chi connectivity index (χ3n) is 3.94. The van der Waals surface area contributed by atoms with Crippen LogP contribution in [0.4, 0.5) is 5.13 Å². The Hall–Kier alpha value is -1.17. The molecule has 1 fully saturated rings. The molecule has 0 radical (unpaired) electrons. The third kappa shape index (κ3) is 2.66. The van der Waals surface area contributed by atoms with Gasteiger partial charge in [-0.15, -0.1) is 0 Å². The van der Waals surface area contributed by atoms with Gasteiger partial charge in [0.1, 0.15) is 0 Å². The molecule has 1 saturated heterocycles. The summed E-state index contributed by atoms with van der Waals surface area (Å²) in [6, 6.07) is 8.40. The van der Waals surface area contributed by atoms with E-state index in [1.807, 2.05) is 11.3 Å². The summed E-state index contributed by atoms with van der Waals surface area (Å²) in [6.45, 7) is 11.0. The maximum Gasteiger partial charge on any atom is 0.186 e. The number of para-hydroxylation sites is 1. The fourth-order valence-corrected chi connectivity index (χ4v) is 3.81. The summed E-state index contributed by atoms with van der Waals surface area (Å²) in [4.78, 5) is 7.18. The number of benzene rings is 1. The molecule has 1 aromatic heterocycles. The highest BCUT2D eigenvalue weighted by atomic mass is 32.1. The molecule has 0 spiro atoms. The molecule has 0 aliphatic carbocycles. The van der Waals surface area contributed by atoms with Gasteiger partial charge < -0.3 is 4.90 Å². The molecule has 4 nitrogen and oxygen atoms in total. The summed E-state index contributed by atoms with van der Waals surface area (Å²) < 4.78 is 1.29. The van der Waals surface area contributed by atoms with Gasteiger partial charge in [0, 0.05) is 39.3 Å². The van der Waals surface area contributed by atoms with E-state index in [0.717, 1.165) is 44.8 Å². The van der Waals surface area contributed by atoms with Gasteiger partial charge in [0.25, 0.3) is 0 Å². The van der Waals surface area contributed by atoms with Crippen molar-refractivity contribution in [3.63, 3.8) is 0 Å². The van der Waals surface area contributed by atoms with Crippen LogP contribution in [-0.4, -0.2) is 54.3 Å². The summed E-state index contributed by atoms with van der Waals surface area (Å²) in [5.41, 5.74) is 1.12. The first kappa shape index (κ1) is 13.8. The van der Waals surface area contributed by atoms with Crippen molar-refractivity contribution in [3.05, 3.63) is 24.3 Å². The molecule has 108 valence electrons. The summed E-state index contributed by atoms with van der Waals surface area (Å²) >= 11 is 1.81. The van der Waals surface area contributed by atoms with Crippen molar-refractivity contribution in [1.82, 2.24) is 15.0 Å². The van der Waals surface area contributed by atoms with E-state index in [2.05, 4.69) is 53.0 Å². The van der Waals surface area contributed by atoms with E-state index in [9.17, 15) is 0 Å². The van der Waals surface area contributed by atoms with Gasteiger partial charge in [-0.2, -0.15) is 0 Å². The Labute approximate surface area is 124 Å². The first-order valence-electron chi connectivity index (χ1n) is 7.42. The van der Waals surface area contributed by atoms with Gasteiger partial charge in [0.2, 0.25) is 0 Å². The van der Waals surface area contributed by atoms with Crippen LogP contribution in [0.3, 0.4) is 0 Å². The Morgan fingerprint density at radius 1 is 1.10 bits per heavy atom. The molecular weight excluding hydrogens is 268 g/mol. The highest BCUT2D eigenvalue weighted by Crippen LogP contribution is 2.29. The molecule has 3 rings (SSSR count). The molecule has 0 unspecified atom stereocenters. The van der Waals surface area contributed by atoms with E-state index >= 15 is 0 Å². The van der Waals surface area contributed by atoms with E-state index < -0.39 is 0 Å². The lowest BCUT2D eigenvalue weighted by Crippen LogP contribution is -2.53. The van der Waals surface area contributed by atoms with Crippen molar-refractivity contribution in [2.75, 3.05) is 44.2 Å². The van der Waals surface area contributed by atoms with Crippen LogP contribution in [0, 0.1) is 0 Å². The second kappa shape index (κ2) is 6.08. The Kier molecular flexibility index (Phi) is 4.19. The molecule has 20 heavy (non-hydrogen) atoms. The van der Waals surface area contributed by atoms with Crippen LogP contribution < -0.4 is 4.90 Å². The van der Waals surface area contributed by atoms with E-state index in [1.165, 1.54) is 9.83 Å². The van der Waals surface area contributed by atoms with Crippen LogP contribution in [0.2, 0.25) is 0 Å². The molecule has 0 amide bonds. The van der Waals surface area contributed by atoms with Crippen molar-refractivity contribution < 1.29 is 0 Å². The second-order valence-electron chi connectivity index (χ2n) is 5.04. The first-order valence-corrected chi connectivity index (χ1v) is 8.23. The van der Waals surface area contributed by atoms with Crippen LogP contribution in [0.1, 0.15) is 13.8 Å². The lowest BCUT2D eigenvalue weighted by atomic mass is 10.3. The normalized spacial score (nSPS) is 17.2. The Bertz CT molecular complexity index is 523. The predicted octanol–water partition coefficient (Wildman–Crippen LogP) is 2.68. The minimum atomic E-state index is 1.07. The maximum absolute atomic E-state index is 4.76. The van der Waals surface area contributed by atoms with Crippen LogP contribution in [0.5, 0.6) is 0 Å². The lowest BCUT2D eigenvalue weighted by molar-refractivity contribution is -0.0204. The molecule has 1 aromatic carbocycles. The zero-order valence-electron chi connectivity index (χ0n) is 12.2. The highest BCUT2D eigenvalue weighted by molar-refractivity contribution is 7.22. The predicted molar refractivity (Wildman–Crippen MR) is 86.3 cm³/mol. The van der Waals surface area contributed by atoms with Gasteiger partial charge in [-0.05, 0) is 12.1 Å². The third-order valence-corrected chi connectivity index (χ3v) is 5.04. The van der Waals surface area contributed by atoms with Crippen molar-refractivity contribution in [1.29, 1.82) is 0 Å². The smallest absolute Gasteiger partial charge is 0.186 e. The molecule has 0 atom stereocenters. The van der Waals surface area contributed by atoms with E-state index in [4.69, 9.17) is 4.98 Å². The fourth-order valence-electron chi connectivity index (χ4n) is 2.79. The Morgan fingerprint density at radius 3 is 2.45 bits per heavy atom. The average molecular weight is 290 g/mol. The molecule has 0 bridgehead atoms. The van der Waals surface area contributed by atoms with Gasteiger partial charge in [0.05, 0.1) is 10.2 Å². The lowest BCUT2D eigenvalue weighted by Gasteiger charge is -2.40. The van der Waals surface area contributed by atoms with Gasteiger partial charge in [-0.1, -0.05) is 37.3 Å². The standard InChI is InChI=1S/C15H22N4S/c1-3-18(4-2)19-11-9-17(10-12-19)15-16-13-7-5-6-8-14(13)20-15/h5-8H,3-4,9-12H2,1-2H3. The largest absolute Gasteiger partial charge is 0.345 e. The minimum absolute atomic E-state index is 1.07. The van der Waals surface area contributed by atoms with Crippen LogP contribution in [0.25, 0.3) is 10.2 Å². The number of anilines is 1. The number of hydrogen-bond acceptors (Lipinski definition) is 5. The number of nitrogens with zero attached hydrogens (tertiary/aromatic N) is 4. The van der Waals surface area contributed by atoms with Crippen molar-refractivity contribution >= 4 is 26.7 Å². The summed E-state index contributed by atoms with van der Waals surface area (Å²) in [6.07, 6.45) is 0. The Morgan fingerprint density at radius 2 is 1.80 bits per heavy atom. The van der Waals surface area contributed by atoms with Crippen LogP contribution in [-0.2, 0) is 0 Å². The van der Waals surface area contributed by atoms with Crippen molar-refractivity contribution in [2.45, 2.75) is 13.8 Å². The first-order chi connectivity index (χ1) is 9.81. The average Bonchev–Trinajstić information content (AvgIpc) is 2.93. The number of piperazine rings is 1. The number of fused-ring (bicyclic) bond motifs is 1. The maximum atomic E-state index is 4.76. The van der Waals surface area contributed by atoms with Gasteiger partial charge >= 0.3 is 0 Å². The summed E-state index contributed by atoms with van der Waals surface area (Å²) in [7, 11) is 0. The highest BCUT2D eigenvalue weighted by Gasteiger charge is 2.22. The summed E-state index contributed by atoms with van der Waals surface area (Å²) in [5.74, 6) is 0. The van der Waals surface area contributed by atoms with E-state index in [1.54, 1.807) is 0 Å². The SMILES string of the molecule is CCN(CC)N1CCN(c2nc3ccccc3s2)CC1. The number of rotatable bonds is 4. The van der Waals surface area contributed by atoms with Gasteiger partial charge in [0.15, 0.2) is 5.13 Å². The van der Waals surface area contributed by atoms with E-state index in [-0.39, 0.29) is 0 Å². The van der Waals surface area contributed by atoms with Crippen LogP contribution >= 0.6 is 11.3 Å². The van der Waals surface area contributed by atoms with Crippen molar-refractivity contribution in [3.8, 4) is 0 Å². The van der Waals surface area contributed by atoms with Gasteiger partial charge in [-0.25, -0.2) is 15.0 Å². The van der Waals surface area contributed by atoms with Crippen molar-refractivity contribution in [2.24, 2.45) is 0 Å². The molecular formula is C15H22N4S. The monoisotopic (exact) mass is 290 g/mol. The molecule has 1 aliphatic heterocycles. The molecule has 2 aromatic rings.